The molecule has 0 atom stereocenters. The van der Waals surface area contributed by atoms with Crippen LogP contribution in [0.3, 0.4) is 0 Å². The number of hydrogen-bond donors (Lipinski definition) is 1. The second-order valence-corrected chi connectivity index (χ2v) is 9.08. The number of anilines is 1. The van der Waals surface area contributed by atoms with Crippen LogP contribution in [0.2, 0.25) is 5.02 Å². The van der Waals surface area contributed by atoms with E-state index in [2.05, 4.69) is 15.5 Å². The maximum Gasteiger partial charge on any atom is 0.254 e. The number of likely N-dealkylation sites (tertiary alicyclic amines) is 1. The molecule has 2 aromatic carbocycles. The van der Waals surface area contributed by atoms with Gasteiger partial charge in [-0.15, -0.1) is 10.2 Å². The summed E-state index contributed by atoms with van der Waals surface area (Å²) in [6.07, 6.45) is 3.68. The molecule has 0 spiro atoms. The average Bonchev–Trinajstić information content (AvgIpc) is 3.47. The van der Waals surface area contributed by atoms with Gasteiger partial charge in [0.1, 0.15) is 6.33 Å². The molecule has 1 aliphatic rings. The van der Waals surface area contributed by atoms with E-state index in [0.717, 1.165) is 42.7 Å². The smallest absolute Gasteiger partial charge is 0.254 e. The summed E-state index contributed by atoms with van der Waals surface area (Å²) in [6.45, 7) is 5.38. The average molecular weight is 470 g/mol. The predicted octanol–water partition coefficient (Wildman–Crippen LogP) is 4.50. The number of thioether (sulfide) groups is 1. The first kappa shape index (κ1) is 22.4. The number of carbonyl (C=O) groups excluding carboxylic acids is 2. The zero-order valence-electron chi connectivity index (χ0n) is 18.0. The lowest BCUT2D eigenvalue weighted by Crippen LogP contribution is -2.28. The number of nitrogens with zero attached hydrogens (tertiary/aromatic N) is 4. The monoisotopic (exact) mass is 469 g/mol. The number of nitrogens with one attached hydrogen (secondary N) is 1. The number of carbonyl (C=O) groups is 2. The van der Waals surface area contributed by atoms with E-state index in [1.54, 1.807) is 17.0 Å². The van der Waals surface area contributed by atoms with Crippen molar-refractivity contribution in [2.24, 2.45) is 0 Å². The molecule has 2 amide bonds. The highest BCUT2D eigenvalue weighted by Crippen LogP contribution is 2.25. The molecule has 1 aromatic heterocycles. The number of amides is 2. The third-order valence-electron chi connectivity index (χ3n) is 5.51. The number of aromatic nitrogens is 3. The molecule has 2 heterocycles. The van der Waals surface area contributed by atoms with Crippen LogP contribution >= 0.6 is 23.4 Å². The molecule has 1 N–H and O–H groups in total. The number of benzene rings is 2. The Morgan fingerprint density at radius 3 is 2.69 bits per heavy atom. The molecular weight excluding hydrogens is 446 g/mol. The van der Waals surface area contributed by atoms with E-state index in [0.29, 0.717) is 21.4 Å². The van der Waals surface area contributed by atoms with E-state index in [4.69, 9.17) is 11.6 Å². The topological polar surface area (TPSA) is 80.1 Å². The molecule has 1 fully saturated rings. The molecule has 166 valence electrons. The second kappa shape index (κ2) is 9.75. The van der Waals surface area contributed by atoms with Gasteiger partial charge in [-0.05, 0) is 62.1 Å². The van der Waals surface area contributed by atoms with Crippen LogP contribution in [-0.2, 0) is 4.79 Å². The van der Waals surface area contributed by atoms with Gasteiger partial charge in [0.05, 0.1) is 11.4 Å². The summed E-state index contributed by atoms with van der Waals surface area (Å²) in [5.74, 6) is -0.00198. The molecule has 0 saturated carbocycles. The van der Waals surface area contributed by atoms with Gasteiger partial charge in [0.2, 0.25) is 5.91 Å². The first-order valence-corrected chi connectivity index (χ1v) is 11.8. The summed E-state index contributed by atoms with van der Waals surface area (Å²) in [6, 6.07) is 11.1. The standard InChI is InChI=1S/C23H24ClN5O2S/c1-15-8-9-17(12-19(15)24)29-14-25-27-23(29)32-13-21(30)26-20-7-5-6-18(16(20)2)22(31)28-10-3-4-11-28/h5-9,12,14H,3-4,10-11,13H2,1-2H3,(H,26,30). The minimum Gasteiger partial charge on any atom is -0.339 e. The fourth-order valence-corrected chi connectivity index (χ4v) is 4.54. The Balaban J connectivity index is 1.42. The largest absolute Gasteiger partial charge is 0.339 e. The lowest BCUT2D eigenvalue weighted by atomic mass is 10.1. The van der Waals surface area contributed by atoms with E-state index in [1.807, 2.05) is 49.1 Å². The molecule has 4 rings (SSSR count). The number of rotatable bonds is 6. The van der Waals surface area contributed by atoms with Gasteiger partial charge in [0, 0.05) is 29.4 Å². The Hall–Kier alpha value is -2.84. The maximum absolute atomic E-state index is 12.8. The van der Waals surface area contributed by atoms with Crippen molar-refractivity contribution in [3.8, 4) is 5.69 Å². The maximum atomic E-state index is 12.8. The summed E-state index contributed by atoms with van der Waals surface area (Å²) >= 11 is 7.52. The molecule has 32 heavy (non-hydrogen) atoms. The molecule has 0 unspecified atom stereocenters. The fraction of sp³-hybridized carbons (Fsp3) is 0.304. The summed E-state index contributed by atoms with van der Waals surface area (Å²) < 4.78 is 1.80. The van der Waals surface area contributed by atoms with Crippen molar-refractivity contribution < 1.29 is 9.59 Å². The minimum absolute atomic E-state index is 0.0235. The van der Waals surface area contributed by atoms with Crippen molar-refractivity contribution in [3.05, 3.63) is 64.4 Å². The Kier molecular flexibility index (Phi) is 6.81. The Bertz CT molecular complexity index is 1160. The second-order valence-electron chi connectivity index (χ2n) is 7.73. The van der Waals surface area contributed by atoms with Crippen LogP contribution in [0.25, 0.3) is 5.69 Å². The zero-order chi connectivity index (χ0) is 22.7. The van der Waals surface area contributed by atoms with Crippen molar-refractivity contribution in [2.75, 3.05) is 24.2 Å². The highest BCUT2D eigenvalue weighted by atomic mass is 35.5. The van der Waals surface area contributed by atoms with Gasteiger partial charge < -0.3 is 10.2 Å². The summed E-state index contributed by atoms with van der Waals surface area (Å²) in [5.41, 5.74) is 3.87. The Morgan fingerprint density at radius 2 is 1.94 bits per heavy atom. The molecular formula is C23H24ClN5O2S. The molecule has 0 aliphatic carbocycles. The summed E-state index contributed by atoms with van der Waals surface area (Å²) in [5, 5.41) is 12.3. The molecule has 1 aliphatic heterocycles. The lowest BCUT2D eigenvalue weighted by Gasteiger charge is -2.18. The quantitative estimate of drug-likeness (QED) is 0.537. The summed E-state index contributed by atoms with van der Waals surface area (Å²) in [4.78, 5) is 27.3. The Morgan fingerprint density at radius 1 is 1.16 bits per heavy atom. The zero-order valence-corrected chi connectivity index (χ0v) is 19.5. The Labute approximate surface area is 196 Å². The number of hydrogen-bond acceptors (Lipinski definition) is 5. The first-order chi connectivity index (χ1) is 15.4. The van der Waals surface area contributed by atoms with Crippen LogP contribution in [0.15, 0.2) is 47.9 Å². The van der Waals surface area contributed by atoms with Crippen LogP contribution in [0.5, 0.6) is 0 Å². The third kappa shape index (κ3) is 4.81. The number of halogens is 1. The van der Waals surface area contributed by atoms with E-state index < -0.39 is 0 Å². The van der Waals surface area contributed by atoms with Gasteiger partial charge in [-0.2, -0.15) is 0 Å². The molecule has 0 bridgehead atoms. The van der Waals surface area contributed by atoms with Crippen LogP contribution in [0, 0.1) is 13.8 Å². The van der Waals surface area contributed by atoms with Crippen molar-refractivity contribution >= 4 is 40.9 Å². The SMILES string of the molecule is Cc1ccc(-n2cnnc2SCC(=O)Nc2cccc(C(=O)N3CCCC3)c2C)cc1Cl. The van der Waals surface area contributed by atoms with Gasteiger partial charge >= 0.3 is 0 Å². The molecule has 1 saturated heterocycles. The normalized spacial score (nSPS) is 13.4. The molecule has 0 radical (unpaired) electrons. The van der Waals surface area contributed by atoms with Gasteiger partial charge in [-0.3, -0.25) is 14.2 Å². The van der Waals surface area contributed by atoms with Gasteiger partial charge in [0.25, 0.3) is 5.91 Å². The third-order valence-corrected chi connectivity index (χ3v) is 6.86. The van der Waals surface area contributed by atoms with Crippen LogP contribution in [-0.4, -0.2) is 50.3 Å². The van der Waals surface area contributed by atoms with Crippen LogP contribution in [0.1, 0.15) is 34.3 Å². The predicted molar refractivity (Wildman–Crippen MR) is 127 cm³/mol. The number of aryl methyl sites for hydroxylation is 1. The fourth-order valence-electron chi connectivity index (χ4n) is 3.64. The van der Waals surface area contributed by atoms with Gasteiger partial charge in [-0.1, -0.05) is 35.5 Å². The van der Waals surface area contributed by atoms with Crippen molar-refractivity contribution in [3.63, 3.8) is 0 Å². The van der Waals surface area contributed by atoms with Crippen LogP contribution < -0.4 is 5.32 Å². The minimum atomic E-state index is -0.180. The van der Waals surface area contributed by atoms with E-state index in [-0.39, 0.29) is 17.6 Å². The van der Waals surface area contributed by atoms with Crippen LogP contribution in [0.4, 0.5) is 5.69 Å². The highest BCUT2D eigenvalue weighted by molar-refractivity contribution is 7.99. The highest BCUT2D eigenvalue weighted by Gasteiger charge is 2.22. The molecule has 3 aromatic rings. The van der Waals surface area contributed by atoms with Gasteiger partial charge in [-0.25, -0.2) is 0 Å². The van der Waals surface area contributed by atoms with E-state index >= 15 is 0 Å². The molecule has 9 heteroatoms. The van der Waals surface area contributed by atoms with Crippen molar-refractivity contribution in [1.82, 2.24) is 19.7 Å². The van der Waals surface area contributed by atoms with Crippen molar-refractivity contribution in [1.29, 1.82) is 0 Å². The lowest BCUT2D eigenvalue weighted by molar-refractivity contribution is -0.113. The molecule has 7 nitrogen and oxygen atoms in total. The summed E-state index contributed by atoms with van der Waals surface area (Å²) in [7, 11) is 0. The van der Waals surface area contributed by atoms with E-state index in [9.17, 15) is 9.59 Å². The first-order valence-electron chi connectivity index (χ1n) is 10.4. The van der Waals surface area contributed by atoms with Gasteiger partial charge in [0.15, 0.2) is 5.16 Å². The van der Waals surface area contributed by atoms with Crippen molar-refractivity contribution in [2.45, 2.75) is 31.8 Å². The van der Waals surface area contributed by atoms with E-state index in [1.165, 1.54) is 11.8 Å².